The lowest BCUT2D eigenvalue weighted by molar-refractivity contribution is 0.102. The number of amides is 1. The van der Waals surface area contributed by atoms with Crippen molar-refractivity contribution in [2.45, 2.75) is 38.5 Å². The number of aryl methyl sites for hydroxylation is 1. The summed E-state index contributed by atoms with van der Waals surface area (Å²) in [5, 5.41) is 6.21. The molecular weight excluding hydrogens is 356 g/mol. The van der Waals surface area contributed by atoms with Gasteiger partial charge in [-0.25, -0.2) is 9.97 Å². The molecule has 0 bridgehead atoms. The number of nitrogens with zero attached hydrogens (tertiary/aromatic N) is 3. The first-order chi connectivity index (χ1) is 13.5. The Morgan fingerprint density at radius 3 is 2.71 bits per heavy atom. The van der Waals surface area contributed by atoms with Gasteiger partial charge in [-0.2, -0.15) is 4.98 Å². The van der Waals surface area contributed by atoms with Gasteiger partial charge in [0.25, 0.3) is 11.5 Å². The van der Waals surface area contributed by atoms with Gasteiger partial charge in [-0.3, -0.25) is 9.59 Å². The van der Waals surface area contributed by atoms with Gasteiger partial charge >= 0.3 is 0 Å². The minimum atomic E-state index is -0.503. The largest absolute Gasteiger partial charge is 0.357 e. The fourth-order valence-corrected chi connectivity index (χ4v) is 3.67. The third-order valence-corrected chi connectivity index (χ3v) is 5.16. The van der Waals surface area contributed by atoms with E-state index < -0.39 is 11.5 Å². The normalized spacial score (nSPS) is 14.4. The maximum atomic E-state index is 12.7. The number of aromatic amines is 1. The van der Waals surface area contributed by atoms with Gasteiger partial charge in [0, 0.05) is 24.0 Å². The van der Waals surface area contributed by atoms with Gasteiger partial charge in [0.1, 0.15) is 17.0 Å². The molecule has 1 amide bonds. The number of aromatic nitrogens is 4. The van der Waals surface area contributed by atoms with Crippen LogP contribution in [0.3, 0.4) is 0 Å². The number of pyridine rings is 2. The van der Waals surface area contributed by atoms with Crippen molar-refractivity contribution in [3.8, 4) is 0 Å². The average molecular weight is 378 g/mol. The summed E-state index contributed by atoms with van der Waals surface area (Å²) in [5.41, 5.74) is 1.55. The van der Waals surface area contributed by atoms with Crippen LogP contribution in [0, 0.1) is 6.92 Å². The molecule has 8 heteroatoms. The zero-order chi connectivity index (χ0) is 19.7. The second kappa shape index (κ2) is 7.38. The summed E-state index contributed by atoms with van der Waals surface area (Å²) < 4.78 is 0. The molecule has 1 aliphatic rings. The molecule has 3 aromatic heterocycles. The van der Waals surface area contributed by atoms with E-state index in [4.69, 9.17) is 0 Å². The number of hydrogen-bond donors (Lipinski definition) is 3. The molecule has 28 heavy (non-hydrogen) atoms. The molecule has 1 saturated carbocycles. The van der Waals surface area contributed by atoms with Crippen molar-refractivity contribution in [3.63, 3.8) is 0 Å². The Bertz CT molecular complexity index is 1100. The van der Waals surface area contributed by atoms with Crippen molar-refractivity contribution in [1.82, 2.24) is 19.9 Å². The Labute approximate surface area is 161 Å². The van der Waals surface area contributed by atoms with Crippen molar-refractivity contribution in [2.24, 2.45) is 0 Å². The maximum absolute atomic E-state index is 12.7. The zero-order valence-electron chi connectivity index (χ0n) is 15.9. The van der Waals surface area contributed by atoms with Crippen LogP contribution < -0.4 is 16.2 Å². The summed E-state index contributed by atoms with van der Waals surface area (Å²) in [5.74, 6) is 0.802. The number of nitrogens with one attached hydrogen (secondary N) is 3. The fraction of sp³-hybridized carbons (Fsp3) is 0.350. The van der Waals surface area contributed by atoms with Gasteiger partial charge in [0.15, 0.2) is 0 Å². The molecule has 8 nitrogen and oxygen atoms in total. The molecule has 0 radical (unpaired) electrons. The number of carbonyl (C=O) groups excluding carboxylic acids is 1. The highest BCUT2D eigenvalue weighted by Gasteiger charge is 2.19. The Kier molecular flexibility index (Phi) is 4.77. The molecule has 0 aromatic carbocycles. The van der Waals surface area contributed by atoms with Crippen LogP contribution in [0.1, 0.15) is 53.3 Å². The lowest BCUT2D eigenvalue weighted by atomic mass is 10.0. The fourth-order valence-electron chi connectivity index (χ4n) is 3.67. The highest BCUT2D eigenvalue weighted by atomic mass is 16.2. The number of anilines is 2. The lowest BCUT2D eigenvalue weighted by Crippen LogP contribution is -2.24. The summed E-state index contributed by atoms with van der Waals surface area (Å²) in [6.07, 6.45) is 4.68. The summed E-state index contributed by atoms with van der Waals surface area (Å²) in [6.45, 7) is 1.80. The molecule has 0 saturated heterocycles. The summed E-state index contributed by atoms with van der Waals surface area (Å²) >= 11 is 0. The predicted molar refractivity (Wildman–Crippen MR) is 108 cm³/mol. The van der Waals surface area contributed by atoms with Gasteiger partial charge in [-0.15, -0.1) is 0 Å². The molecule has 0 spiro atoms. The minimum absolute atomic E-state index is 0.00415. The minimum Gasteiger partial charge on any atom is -0.357 e. The predicted octanol–water partition coefficient (Wildman–Crippen LogP) is 2.97. The van der Waals surface area contributed by atoms with E-state index in [0.717, 1.165) is 18.5 Å². The van der Waals surface area contributed by atoms with Crippen LogP contribution in [0.25, 0.3) is 11.0 Å². The van der Waals surface area contributed by atoms with Gasteiger partial charge < -0.3 is 15.6 Å². The molecule has 0 atom stereocenters. The average Bonchev–Trinajstić information content (AvgIpc) is 3.22. The van der Waals surface area contributed by atoms with Crippen LogP contribution >= 0.6 is 0 Å². The molecule has 144 valence electrons. The van der Waals surface area contributed by atoms with E-state index in [9.17, 15) is 9.59 Å². The van der Waals surface area contributed by atoms with Gasteiger partial charge in [0.05, 0.1) is 5.69 Å². The van der Waals surface area contributed by atoms with E-state index in [1.54, 1.807) is 20.0 Å². The van der Waals surface area contributed by atoms with E-state index in [2.05, 4.69) is 30.6 Å². The first-order valence-electron chi connectivity index (χ1n) is 9.43. The van der Waals surface area contributed by atoms with Crippen molar-refractivity contribution in [3.05, 3.63) is 51.6 Å². The van der Waals surface area contributed by atoms with E-state index in [-0.39, 0.29) is 5.56 Å². The van der Waals surface area contributed by atoms with Crippen molar-refractivity contribution in [1.29, 1.82) is 0 Å². The number of fused-ring (bicyclic) bond motifs is 1. The first kappa shape index (κ1) is 18.1. The van der Waals surface area contributed by atoms with Crippen LogP contribution in [0.5, 0.6) is 0 Å². The molecular formula is C20H22N6O2. The van der Waals surface area contributed by atoms with E-state index in [1.165, 1.54) is 18.9 Å². The summed E-state index contributed by atoms with van der Waals surface area (Å²) in [6, 6.07) is 7.14. The molecule has 1 aliphatic carbocycles. The molecule has 0 aliphatic heterocycles. The first-order valence-corrected chi connectivity index (χ1v) is 9.43. The zero-order valence-corrected chi connectivity index (χ0v) is 15.9. The van der Waals surface area contributed by atoms with Crippen molar-refractivity contribution >= 4 is 28.7 Å². The monoisotopic (exact) mass is 378 g/mol. The van der Waals surface area contributed by atoms with Crippen molar-refractivity contribution < 1.29 is 4.79 Å². The number of carbonyl (C=O) groups is 1. The van der Waals surface area contributed by atoms with E-state index in [0.29, 0.717) is 34.4 Å². The third-order valence-electron chi connectivity index (χ3n) is 5.16. The molecule has 1 fully saturated rings. The van der Waals surface area contributed by atoms with Crippen LogP contribution in [0.2, 0.25) is 0 Å². The molecule has 3 N–H and O–H groups in total. The Morgan fingerprint density at radius 1 is 1.18 bits per heavy atom. The highest BCUT2D eigenvalue weighted by molar-refractivity contribution is 6.05. The van der Waals surface area contributed by atoms with Crippen LogP contribution in [-0.4, -0.2) is 32.9 Å². The quantitative estimate of drug-likeness (QED) is 0.643. The molecule has 4 rings (SSSR count). The highest BCUT2D eigenvalue weighted by Crippen LogP contribution is 2.33. The number of rotatable bonds is 4. The second-order valence-corrected chi connectivity index (χ2v) is 7.04. The topological polar surface area (TPSA) is 113 Å². The molecule has 3 heterocycles. The Hall–Kier alpha value is -3.29. The number of hydrogen-bond acceptors (Lipinski definition) is 6. The summed E-state index contributed by atoms with van der Waals surface area (Å²) in [7, 11) is 1.70. The number of H-pyrrole nitrogens is 1. The van der Waals surface area contributed by atoms with Crippen LogP contribution in [0.4, 0.5) is 11.8 Å². The Morgan fingerprint density at radius 2 is 1.96 bits per heavy atom. The van der Waals surface area contributed by atoms with E-state index >= 15 is 0 Å². The van der Waals surface area contributed by atoms with Gasteiger partial charge in [-0.1, -0.05) is 18.9 Å². The molecule has 0 unspecified atom stereocenters. The van der Waals surface area contributed by atoms with Gasteiger partial charge in [-0.05, 0) is 38.0 Å². The standard InChI is InChI=1S/C20H22N6O2/c1-11-13-10-14(19(28)25-17(13)26-20(21-2)22-11)18(27)24-16-9-5-8-15(23-16)12-6-3-4-7-12/h5,8-10,12H,3-4,6-7H2,1-2H3,(H,23,24,27)(H2,21,22,25,26,28). The molecule has 3 aromatic rings. The smallest absolute Gasteiger partial charge is 0.262 e. The third kappa shape index (κ3) is 3.45. The Balaban J connectivity index is 1.64. The van der Waals surface area contributed by atoms with E-state index in [1.807, 2.05) is 12.1 Å². The van der Waals surface area contributed by atoms with Crippen LogP contribution in [-0.2, 0) is 0 Å². The lowest BCUT2D eigenvalue weighted by Gasteiger charge is -2.11. The summed E-state index contributed by atoms with van der Waals surface area (Å²) in [4.78, 5) is 40.9. The SMILES string of the molecule is CNc1nc(C)c2cc(C(=O)Nc3cccc(C4CCCC4)n3)c(=O)[nH]c2n1. The maximum Gasteiger partial charge on any atom is 0.262 e. The van der Waals surface area contributed by atoms with Crippen molar-refractivity contribution in [2.75, 3.05) is 17.7 Å². The van der Waals surface area contributed by atoms with Crippen LogP contribution in [0.15, 0.2) is 29.1 Å². The van der Waals surface area contributed by atoms with Gasteiger partial charge in [0.2, 0.25) is 5.95 Å². The second-order valence-electron chi connectivity index (χ2n) is 7.04.